The molecule has 0 atom stereocenters. The fourth-order valence-electron chi connectivity index (χ4n) is 2.21. The first kappa shape index (κ1) is 14.1. The van der Waals surface area contributed by atoms with Gasteiger partial charge >= 0.3 is 0 Å². The molecule has 0 radical (unpaired) electrons. The minimum Gasteiger partial charge on any atom is -0.326 e. The van der Waals surface area contributed by atoms with Crippen molar-refractivity contribution in [1.29, 1.82) is 0 Å². The van der Waals surface area contributed by atoms with Gasteiger partial charge in [-0.2, -0.15) is 0 Å². The van der Waals surface area contributed by atoms with Crippen LogP contribution in [0.4, 0.5) is 5.69 Å². The molecule has 20 heavy (non-hydrogen) atoms. The van der Waals surface area contributed by atoms with Gasteiger partial charge in [0.15, 0.2) is 0 Å². The summed E-state index contributed by atoms with van der Waals surface area (Å²) in [5.74, 6) is -0.377. The Bertz CT molecular complexity index is 730. The zero-order chi connectivity index (χ0) is 14.9. The fourth-order valence-corrected chi connectivity index (χ4v) is 2.21. The summed E-state index contributed by atoms with van der Waals surface area (Å²) in [5, 5.41) is 2.81. The van der Waals surface area contributed by atoms with E-state index in [9.17, 15) is 9.59 Å². The van der Waals surface area contributed by atoms with Crippen LogP contribution in [0.15, 0.2) is 29.1 Å². The summed E-state index contributed by atoms with van der Waals surface area (Å²) in [6.07, 6.45) is 0. The molecule has 4 nitrogen and oxygen atoms in total. The summed E-state index contributed by atoms with van der Waals surface area (Å²) in [5.41, 5.74) is 4.06. The first-order valence-corrected chi connectivity index (χ1v) is 6.48. The third-order valence-corrected chi connectivity index (χ3v) is 3.45. The van der Waals surface area contributed by atoms with Crippen LogP contribution in [0.5, 0.6) is 0 Å². The molecular formula is C16H18N2O2. The SMILES string of the molecule is Cc1cc(C)c(C(=O)Nc2cccc(C)c2C)c(=O)[nH]1. The van der Waals surface area contributed by atoms with Gasteiger partial charge in [-0.1, -0.05) is 12.1 Å². The van der Waals surface area contributed by atoms with Gasteiger partial charge in [-0.25, -0.2) is 0 Å². The van der Waals surface area contributed by atoms with Gasteiger partial charge in [0.05, 0.1) is 0 Å². The maximum Gasteiger partial charge on any atom is 0.261 e. The summed E-state index contributed by atoms with van der Waals surface area (Å²) in [6, 6.07) is 7.48. The molecule has 0 saturated heterocycles. The summed E-state index contributed by atoms with van der Waals surface area (Å²) in [4.78, 5) is 26.9. The van der Waals surface area contributed by atoms with Crippen molar-refractivity contribution >= 4 is 11.6 Å². The van der Waals surface area contributed by atoms with E-state index in [0.717, 1.165) is 22.5 Å². The average Bonchev–Trinajstić information content (AvgIpc) is 2.33. The van der Waals surface area contributed by atoms with Crippen LogP contribution in [-0.4, -0.2) is 10.9 Å². The lowest BCUT2D eigenvalue weighted by Crippen LogP contribution is -2.25. The number of aromatic amines is 1. The summed E-state index contributed by atoms with van der Waals surface area (Å²) in [6.45, 7) is 7.48. The molecule has 4 heteroatoms. The van der Waals surface area contributed by atoms with Crippen LogP contribution < -0.4 is 10.9 Å². The smallest absolute Gasteiger partial charge is 0.261 e. The van der Waals surface area contributed by atoms with Gasteiger partial charge in [-0.05, 0) is 56.5 Å². The molecule has 0 aliphatic heterocycles. The van der Waals surface area contributed by atoms with Gasteiger partial charge in [-0.3, -0.25) is 9.59 Å². The predicted molar refractivity (Wildman–Crippen MR) is 80.4 cm³/mol. The standard InChI is InChI=1S/C16H18N2O2/c1-9-6-5-7-13(12(9)4)18-16(20)14-10(2)8-11(3)17-15(14)19/h5-8H,1-4H3,(H,17,19)(H,18,20). The second kappa shape index (κ2) is 5.33. The fraction of sp³-hybridized carbons (Fsp3) is 0.250. The lowest BCUT2D eigenvalue weighted by molar-refractivity contribution is 0.102. The number of carbonyl (C=O) groups is 1. The average molecular weight is 270 g/mol. The molecule has 0 aliphatic carbocycles. The number of aromatic nitrogens is 1. The minimum absolute atomic E-state index is 0.163. The Morgan fingerprint density at radius 3 is 2.45 bits per heavy atom. The molecule has 104 valence electrons. The maximum absolute atomic E-state index is 12.3. The van der Waals surface area contributed by atoms with Crippen molar-refractivity contribution in [3.63, 3.8) is 0 Å². The minimum atomic E-state index is -0.377. The summed E-state index contributed by atoms with van der Waals surface area (Å²) < 4.78 is 0. The predicted octanol–water partition coefficient (Wildman–Crippen LogP) is 2.86. The highest BCUT2D eigenvalue weighted by molar-refractivity contribution is 6.05. The Morgan fingerprint density at radius 2 is 1.80 bits per heavy atom. The van der Waals surface area contributed by atoms with Crippen LogP contribution in [-0.2, 0) is 0 Å². The number of hydrogen-bond donors (Lipinski definition) is 2. The van der Waals surface area contributed by atoms with E-state index < -0.39 is 0 Å². The summed E-state index contributed by atoms with van der Waals surface area (Å²) in [7, 11) is 0. The van der Waals surface area contributed by atoms with Gasteiger partial charge in [0.25, 0.3) is 11.5 Å². The molecule has 0 spiro atoms. The molecule has 1 heterocycles. The Labute approximate surface area is 117 Å². The van der Waals surface area contributed by atoms with E-state index in [1.807, 2.05) is 32.0 Å². The second-order valence-electron chi connectivity index (χ2n) is 5.04. The molecule has 1 aromatic heterocycles. The number of hydrogen-bond acceptors (Lipinski definition) is 2. The quantitative estimate of drug-likeness (QED) is 0.881. The molecule has 2 aromatic rings. The van der Waals surface area contributed by atoms with E-state index in [4.69, 9.17) is 0 Å². The lowest BCUT2D eigenvalue weighted by Gasteiger charge is -2.11. The monoisotopic (exact) mass is 270 g/mol. The van der Waals surface area contributed by atoms with E-state index in [1.165, 1.54) is 0 Å². The molecule has 0 bridgehead atoms. The van der Waals surface area contributed by atoms with E-state index in [0.29, 0.717) is 5.56 Å². The summed E-state index contributed by atoms with van der Waals surface area (Å²) >= 11 is 0. The Morgan fingerprint density at radius 1 is 1.10 bits per heavy atom. The van der Waals surface area contributed by atoms with Crippen LogP contribution in [0.1, 0.15) is 32.7 Å². The first-order valence-electron chi connectivity index (χ1n) is 6.48. The molecule has 0 saturated carbocycles. The van der Waals surface area contributed by atoms with Gasteiger partial charge in [0.2, 0.25) is 0 Å². The van der Waals surface area contributed by atoms with Crippen LogP contribution in [0.2, 0.25) is 0 Å². The van der Waals surface area contributed by atoms with Crippen LogP contribution >= 0.6 is 0 Å². The van der Waals surface area contributed by atoms with Gasteiger partial charge in [-0.15, -0.1) is 0 Å². The number of amides is 1. The molecule has 2 rings (SSSR count). The number of carbonyl (C=O) groups excluding carboxylic acids is 1. The van der Waals surface area contributed by atoms with Crippen molar-refractivity contribution in [1.82, 2.24) is 4.98 Å². The highest BCUT2D eigenvalue weighted by Crippen LogP contribution is 2.18. The van der Waals surface area contributed by atoms with Crippen molar-refractivity contribution < 1.29 is 4.79 Å². The molecule has 1 aromatic carbocycles. The molecule has 0 fully saturated rings. The lowest BCUT2D eigenvalue weighted by atomic mass is 10.1. The molecule has 1 amide bonds. The Kier molecular flexibility index (Phi) is 3.74. The number of aryl methyl sites for hydroxylation is 3. The first-order chi connectivity index (χ1) is 9.40. The second-order valence-corrected chi connectivity index (χ2v) is 5.04. The van der Waals surface area contributed by atoms with E-state index in [-0.39, 0.29) is 17.0 Å². The van der Waals surface area contributed by atoms with Crippen molar-refractivity contribution in [2.45, 2.75) is 27.7 Å². The molecule has 0 unspecified atom stereocenters. The third kappa shape index (κ3) is 2.64. The third-order valence-electron chi connectivity index (χ3n) is 3.45. The van der Waals surface area contributed by atoms with Crippen LogP contribution in [0.25, 0.3) is 0 Å². The highest BCUT2D eigenvalue weighted by atomic mass is 16.2. The van der Waals surface area contributed by atoms with Crippen molar-refractivity contribution in [3.8, 4) is 0 Å². The van der Waals surface area contributed by atoms with Gasteiger partial charge in [0, 0.05) is 11.4 Å². The van der Waals surface area contributed by atoms with Crippen molar-refractivity contribution in [3.05, 3.63) is 62.6 Å². The largest absolute Gasteiger partial charge is 0.326 e. The number of H-pyrrole nitrogens is 1. The van der Waals surface area contributed by atoms with Gasteiger partial charge < -0.3 is 10.3 Å². The van der Waals surface area contributed by atoms with Crippen molar-refractivity contribution in [2.75, 3.05) is 5.32 Å². The van der Waals surface area contributed by atoms with Crippen molar-refractivity contribution in [2.24, 2.45) is 0 Å². The van der Waals surface area contributed by atoms with E-state index >= 15 is 0 Å². The van der Waals surface area contributed by atoms with E-state index in [1.54, 1.807) is 19.9 Å². The zero-order valence-electron chi connectivity index (χ0n) is 12.1. The van der Waals surface area contributed by atoms with E-state index in [2.05, 4.69) is 10.3 Å². The zero-order valence-corrected chi connectivity index (χ0v) is 12.1. The highest BCUT2D eigenvalue weighted by Gasteiger charge is 2.15. The van der Waals surface area contributed by atoms with Crippen LogP contribution in [0.3, 0.4) is 0 Å². The number of pyridine rings is 1. The molecule has 0 aliphatic rings. The van der Waals surface area contributed by atoms with Crippen LogP contribution in [0, 0.1) is 27.7 Å². The Hall–Kier alpha value is -2.36. The number of rotatable bonds is 2. The van der Waals surface area contributed by atoms with Gasteiger partial charge in [0.1, 0.15) is 5.56 Å². The Balaban J connectivity index is 2.39. The normalized spacial score (nSPS) is 10.4. The number of nitrogens with one attached hydrogen (secondary N) is 2. The molecular weight excluding hydrogens is 252 g/mol. The maximum atomic E-state index is 12.3. The number of benzene rings is 1. The topological polar surface area (TPSA) is 62.0 Å². The molecule has 2 N–H and O–H groups in total. The number of anilines is 1.